The molecule has 248 valence electrons. The van der Waals surface area contributed by atoms with Gasteiger partial charge in [0, 0.05) is 13.2 Å². The van der Waals surface area contributed by atoms with Crippen LogP contribution in [0.2, 0.25) is 50.4 Å². The van der Waals surface area contributed by atoms with E-state index in [0.29, 0.717) is 13.2 Å². The normalized spacial score (nSPS) is 18.6. The molecule has 0 saturated carbocycles. The fraction of sp³-hybridized carbons (Fsp3) is 1.00. The summed E-state index contributed by atoms with van der Waals surface area (Å²) in [6.45, 7) is 18.7. The first-order chi connectivity index (χ1) is 18.9. The summed E-state index contributed by atoms with van der Waals surface area (Å²) < 4.78 is 34.8. The SMILES string of the molecule is CCO[Si](C)(CCCN(C)C)O[Si](C)(CCCN(C)C)O[Si](C)(CCCN(C)C)O[Si](C)(CCCN(C)C)OCC. The van der Waals surface area contributed by atoms with Gasteiger partial charge in [0.2, 0.25) is 0 Å². The van der Waals surface area contributed by atoms with Crippen molar-refractivity contribution in [3.05, 3.63) is 0 Å². The summed E-state index contributed by atoms with van der Waals surface area (Å²) in [5.41, 5.74) is 0. The minimum atomic E-state index is -2.67. The predicted molar refractivity (Wildman–Crippen MR) is 185 cm³/mol. The van der Waals surface area contributed by atoms with E-state index in [4.69, 9.17) is 21.2 Å². The van der Waals surface area contributed by atoms with Crippen molar-refractivity contribution in [2.75, 3.05) is 95.8 Å². The van der Waals surface area contributed by atoms with E-state index in [9.17, 15) is 0 Å². The molecule has 0 aromatic heterocycles. The Balaban J connectivity index is 6.29. The highest BCUT2D eigenvalue weighted by molar-refractivity contribution is 6.88. The average molecular weight is 655 g/mol. The summed E-state index contributed by atoms with van der Waals surface area (Å²) in [4.78, 5) is 8.98. The zero-order valence-corrected chi connectivity index (χ0v) is 33.7. The summed E-state index contributed by atoms with van der Waals surface area (Å²) in [6, 6.07) is 3.80. The predicted octanol–water partition coefficient (Wildman–Crippen LogP) is 5.20. The summed E-state index contributed by atoms with van der Waals surface area (Å²) in [5.74, 6) is 0. The first-order valence-electron chi connectivity index (χ1n) is 15.9. The van der Waals surface area contributed by atoms with E-state index in [1.807, 2.05) is 0 Å². The van der Waals surface area contributed by atoms with Gasteiger partial charge in [0.15, 0.2) is 0 Å². The highest BCUT2D eigenvalue weighted by Crippen LogP contribution is 2.33. The van der Waals surface area contributed by atoms with Crippen molar-refractivity contribution >= 4 is 34.2 Å². The lowest BCUT2D eigenvalue weighted by molar-refractivity contribution is 0.204. The van der Waals surface area contributed by atoms with Gasteiger partial charge in [0.1, 0.15) is 0 Å². The summed E-state index contributed by atoms with van der Waals surface area (Å²) >= 11 is 0. The van der Waals surface area contributed by atoms with Crippen molar-refractivity contribution in [2.24, 2.45) is 0 Å². The molecule has 0 aromatic carbocycles. The van der Waals surface area contributed by atoms with Crippen LogP contribution >= 0.6 is 0 Å². The second kappa shape index (κ2) is 20.5. The molecule has 0 amide bonds. The van der Waals surface area contributed by atoms with E-state index < -0.39 is 34.2 Å². The van der Waals surface area contributed by atoms with Crippen LogP contribution < -0.4 is 0 Å². The molecular weight excluding hydrogens is 585 g/mol. The van der Waals surface area contributed by atoms with E-state index in [0.717, 1.165) is 76.0 Å². The number of nitrogens with zero attached hydrogens (tertiary/aromatic N) is 4. The van der Waals surface area contributed by atoms with Gasteiger partial charge in [0.05, 0.1) is 0 Å². The molecule has 0 heterocycles. The summed E-state index contributed by atoms with van der Waals surface area (Å²) in [6.07, 6.45) is 4.20. The third kappa shape index (κ3) is 20.2. The lowest BCUT2D eigenvalue weighted by atomic mass is 10.5. The zero-order valence-electron chi connectivity index (χ0n) is 29.7. The maximum Gasteiger partial charge on any atom is 0.326 e. The van der Waals surface area contributed by atoms with Crippen molar-refractivity contribution < 1.29 is 21.2 Å². The highest BCUT2D eigenvalue weighted by Gasteiger charge is 2.50. The first-order valence-corrected chi connectivity index (χ1v) is 26.0. The molecule has 0 rings (SSSR count). The van der Waals surface area contributed by atoms with Crippen LogP contribution in [-0.4, -0.2) is 150 Å². The van der Waals surface area contributed by atoms with Crippen molar-refractivity contribution in [3.63, 3.8) is 0 Å². The minimum Gasteiger partial charge on any atom is -0.416 e. The Kier molecular flexibility index (Phi) is 20.8. The molecule has 0 spiro atoms. The molecule has 13 heteroatoms. The number of rotatable bonds is 26. The van der Waals surface area contributed by atoms with Gasteiger partial charge < -0.3 is 40.8 Å². The van der Waals surface area contributed by atoms with Gasteiger partial charge in [-0.05, 0) is 172 Å². The van der Waals surface area contributed by atoms with Crippen LogP contribution in [0.4, 0.5) is 0 Å². The maximum atomic E-state index is 7.41. The molecule has 0 aliphatic carbocycles. The fourth-order valence-corrected chi connectivity index (χ4v) is 25.1. The smallest absolute Gasteiger partial charge is 0.326 e. The summed E-state index contributed by atoms with van der Waals surface area (Å²) in [5, 5.41) is 0. The average Bonchev–Trinajstić information content (AvgIpc) is 2.77. The van der Waals surface area contributed by atoms with Crippen molar-refractivity contribution in [1.29, 1.82) is 0 Å². The second-order valence-electron chi connectivity index (χ2n) is 13.3. The van der Waals surface area contributed by atoms with Crippen LogP contribution in [0.1, 0.15) is 39.5 Å². The molecule has 4 atom stereocenters. The van der Waals surface area contributed by atoms with E-state index in [1.54, 1.807) is 0 Å². The van der Waals surface area contributed by atoms with Crippen LogP contribution in [0, 0.1) is 0 Å². The minimum absolute atomic E-state index is 0.669. The van der Waals surface area contributed by atoms with Crippen molar-refractivity contribution in [1.82, 2.24) is 19.6 Å². The Morgan fingerprint density at radius 1 is 0.390 bits per heavy atom. The molecule has 0 aliphatic heterocycles. The Bertz CT molecular complexity index is 631. The Morgan fingerprint density at radius 2 is 0.610 bits per heavy atom. The molecule has 0 bridgehead atoms. The standard InChI is InChI=1S/C28H70N4O5Si4/c1-15-33-38(11,25-17-21-29(3)4)35-40(13,27-19-23-31(7)8)37-41(14,28-20-24-32(9)10)36-39(12,34-16-2)26-18-22-30(5)6/h15-28H2,1-14H3. The highest BCUT2D eigenvalue weighted by atomic mass is 28.5. The van der Waals surface area contributed by atoms with Crippen LogP contribution in [0.25, 0.3) is 0 Å². The maximum absolute atomic E-state index is 7.41. The van der Waals surface area contributed by atoms with Gasteiger partial charge in [0.25, 0.3) is 0 Å². The van der Waals surface area contributed by atoms with Crippen LogP contribution in [0.15, 0.2) is 0 Å². The van der Waals surface area contributed by atoms with Gasteiger partial charge in [-0.3, -0.25) is 0 Å². The molecule has 0 saturated heterocycles. The van der Waals surface area contributed by atoms with Gasteiger partial charge in [-0.2, -0.15) is 0 Å². The van der Waals surface area contributed by atoms with Gasteiger partial charge in [-0.1, -0.05) is 0 Å². The van der Waals surface area contributed by atoms with E-state index in [2.05, 4.69) is 116 Å². The Morgan fingerprint density at radius 3 is 0.829 bits per heavy atom. The van der Waals surface area contributed by atoms with E-state index >= 15 is 0 Å². The lowest BCUT2D eigenvalue weighted by Crippen LogP contribution is -2.61. The van der Waals surface area contributed by atoms with Crippen LogP contribution in [0.3, 0.4) is 0 Å². The molecule has 0 radical (unpaired) electrons. The Labute approximate surface area is 260 Å². The number of hydrogen-bond acceptors (Lipinski definition) is 9. The molecular formula is C28H70N4O5Si4. The van der Waals surface area contributed by atoms with Gasteiger partial charge >= 0.3 is 34.2 Å². The third-order valence-corrected chi connectivity index (χ3v) is 24.3. The van der Waals surface area contributed by atoms with E-state index in [-0.39, 0.29) is 0 Å². The fourth-order valence-electron chi connectivity index (χ4n) is 5.40. The molecule has 0 aliphatic rings. The molecule has 0 aromatic rings. The van der Waals surface area contributed by atoms with Crippen LogP contribution in [0.5, 0.6) is 0 Å². The van der Waals surface area contributed by atoms with Gasteiger partial charge in [-0.15, -0.1) is 0 Å². The quantitative estimate of drug-likeness (QED) is 0.117. The third-order valence-electron chi connectivity index (χ3n) is 7.14. The molecule has 9 nitrogen and oxygen atoms in total. The molecule has 41 heavy (non-hydrogen) atoms. The number of hydrogen-bond donors (Lipinski definition) is 0. The molecule has 4 unspecified atom stereocenters. The summed E-state index contributed by atoms with van der Waals surface area (Å²) in [7, 11) is 6.80. The largest absolute Gasteiger partial charge is 0.416 e. The second-order valence-corrected chi connectivity index (χ2v) is 27.4. The van der Waals surface area contributed by atoms with Crippen molar-refractivity contribution in [3.8, 4) is 0 Å². The lowest BCUT2D eigenvalue weighted by Gasteiger charge is -2.44. The Hall–Kier alpha value is 0.508. The van der Waals surface area contributed by atoms with Crippen molar-refractivity contribution in [2.45, 2.75) is 89.9 Å². The molecule has 0 N–H and O–H groups in total. The topological polar surface area (TPSA) is 59.1 Å². The van der Waals surface area contributed by atoms with Crippen LogP contribution in [-0.2, 0) is 21.2 Å². The molecule has 0 fully saturated rings. The first kappa shape index (κ1) is 41.5. The monoisotopic (exact) mass is 654 g/mol. The van der Waals surface area contributed by atoms with Gasteiger partial charge in [-0.25, -0.2) is 0 Å². The van der Waals surface area contributed by atoms with E-state index in [1.165, 1.54) is 0 Å². The zero-order chi connectivity index (χ0) is 31.7.